The van der Waals surface area contributed by atoms with Gasteiger partial charge in [-0.15, -0.1) is 0 Å². The molecule has 16 heavy (non-hydrogen) atoms. The van der Waals surface area contributed by atoms with Crippen molar-refractivity contribution >= 4 is 11.5 Å². The first-order chi connectivity index (χ1) is 7.69. The summed E-state index contributed by atoms with van der Waals surface area (Å²) in [6, 6.07) is 3.29. The third kappa shape index (κ3) is 3.16. The summed E-state index contributed by atoms with van der Waals surface area (Å²) in [4.78, 5) is 13.9. The molecule has 0 saturated carbocycles. The molecule has 0 radical (unpaired) electrons. The second kappa shape index (κ2) is 6.02. The Bertz CT molecular complexity index is 353. The average molecular weight is 225 g/mol. The van der Waals surface area contributed by atoms with Crippen molar-refractivity contribution in [1.82, 2.24) is 4.98 Å². The summed E-state index contributed by atoms with van der Waals surface area (Å²) in [5.41, 5.74) is 0.419. The summed E-state index contributed by atoms with van der Waals surface area (Å²) >= 11 is 0. The molecule has 88 valence electrons. The minimum Gasteiger partial charge on any atom is -0.380 e. The molecule has 0 saturated heterocycles. The number of ether oxygens (including phenoxy) is 1. The molecule has 1 aromatic rings. The van der Waals surface area contributed by atoms with Gasteiger partial charge in [0.15, 0.2) is 0 Å². The fraction of sp³-hybridized carbons (Fsp3) is 0.500. The molecular formula is C10H15N3O3. The van der Waals surface area contributed by atoms with E-state index < -0.39 is 4.92 Å². The van der Waals surface area contributed by atoms with Gasteiger partial charge in [-0.25, -0.2) is 0 Å². The van der Waals surface area contributed by atoms with Crippen molar-refractivity contribution < 1.29 is 9.66 Å². The van der Waals surface area contributed by atoms with Crippen molar-refractivity contribution in [3.05, 3.63) is 28.4 Å². The first kappa shape index (κ1) is 12.4. The number of hydrogen-bond donors (Lipinski definition) is 1. The molecule has 0 aliphatic rings. The number of rotatable bonds is 6. The maximum atomic E-state index is 10.7. The Labute approximate surface area is 93.8 Å². The van der Waals surface area contributed by atoms with Gasteiger partial charge in [-0.2, -0.15) is 0 Å². The molecule has 0 spiro atoms. The molecule has 6 heteroatoms. The van der Waals surface area contributed by atoms with Gasteiger partial charge in [0.1, 0.15) is 11.9 Å². The maximum Gasteiger partial charge on any atom is 0.386 e. The Hall–Kier alpha value is -1.69. The van der Waals surface area contributed by atoms with E-state index >= 15 is 0 Å². The highest BCUT2D eigenvalue weighted by Gasteiger charge is 2.14. The number of nitrogens with one attached hydrogen (secondary N) is 1. The molecule has 0 fully saturated rings. The molecule has 1 unspecified atom stereocenters. The molecule has 1 aromatic heterocycles. The standard InChI is InChI=1S/C10H15N3O3/c1-3-8(16-2)7-12-9-5-4-6-11-10(9)13(14)15/h4-6,8,12H,3,7H2,1-2H3. The first-order valence-corrected chi connectivity index (χ1v) is 5.05. The van der Waals surface area contributed by atoms with E-state index in [2.05, 4.69) is 10.3 Å². The molecule has 6 nitrogen and oxygen atoms in total. The largest absolute Gasteiger partial charge is 0.386 e. The summed E-state index contributed by atoms with van der Waals surface area (Å²) in [5, 5.41) is 13.6. The normalized spacial score (nSPS) is 12.1. The summed E-state index contributed by atoms with van der Waals surface area (Å²) in [7, 11) is 1.62. The van der Waals surface area contributed by atoms with Gasteiger partial charge >= 0.3 is 5.82 Å². The lowest BCUT2D eigenvalue weighted by Gasteiger charge is -2.14. The highest BCUT2D eigenvalue weighted by atomic mass is 16.6. The number of pyridine rings is 1. The van der Waals surface area contributed by atoms with Gasteiger partial charge in [-0.3, -0.25) is 0 Å². The predicted molar refractivity (Wildman–Crippen MR) is 60.5 cm³/mol. The van der Waals surface area contributed by atoms with E-state index in [9.17, 15) is 10.1 Å². The summed E-state index contributed by atoms with van der Waals surface area (Å²) in [6.07, 6.45) is 2.29. The Morgan fingerprint density at radius 3 is 3.00 bits per heavy atom. The van der Waals surface area contributed by atoms with Gasteiger partial charge in [0.05, 0.1) is 6.10 Å². The van der Waals surface area contributed by atoms with Crippen LogP contribution in [0.3, 0.4) is 0 Å². The van der Waals surface area contributed by atoms with E-state index in [1.165, 1.54) is 6.20 Å². The molecule has 0 amide bonds. The van der Waals surface area contributed by atoms with Crippen LogP contribution in [-0.2, 0) is 4.74 Å². The molecule has 0 bridgehead atoms. The highest BCUT2D eigenvalue weighted by Crippen LogP contribution is 2.19. The van der Waals surface area contributed by atoms with Gasteiger partial charge in [0, 0.05) is 13.7 Å². The number of nitrogens with zero attached hydrogens (tertiary/aromatic N) is 2. The Balaban J connectivity index is 2.69. The highest BCUT2D eigenvalue weighted by molar-refractivity contribution is 5.56. The number of methoxy groups -OCH3 is 1. The van der Waals surface area contributed by atoms with Crippen molar-refractivity contribution in [3.63, 3.8) is 0 Å². The molecule has 1 rings (SSSR count). The number of nitro groups is 1. The molecule has 1 atom stereocenters. The number of anilines is 1. The zero-order valence-electron chi connectivity index (χ0n) is 9.34. The smallest absolute Gasteiger partial charge is 0.380 e. The first-order valence-electron chi connectivity index (χ1n) is 5.05. The lowest BCUT2D eigenvalue weighted by Crippen LogP contribution is -2.21. The molecule has 0 aliphatic heterocycles. The molecular weight excluding hydrogens is 210 g/mol. The van der Waals surface area contributed by atoms with Gasteiger partial charge in [-0.1, -0.05) is 6.92 Å². The van der Waals surface area contributed by atoms with E-state index in [1.54, 1.807) is 19.2 Å². The van der Waals surface area contributed by atoms with Crippen LogP contribution in [0.15, 0.2) is 18.3 Å². The number of hydrogen-bond acceptors (Lipinski definition) is 5. The van der Waals surface area contributed by atoms with Crippen molar-refractivity contribution in [1.29, 1.82) is 0 Å². The lowest BCUT2D eigenvalue weighted by molar-refractivity contribution is -0.388. The topological polar surface area (TPSA) is 77.3 Å². The second-order valence-electron chi connectivity index (χ2n) is 3.28. The minimum atomic E-state index is -0.504. The van der Waals surface area contributed by atoms with Crippen LogP contribution < -0.4 is 5.32 Å². The van der Waals surface area contributed by atoms with Gasteiger partial charge < -0.3 is 20.2 Å². The molecule has 0 aromatic carbocycles. The molecule has 0 aliphatic carbocycles. The third-order valence-electron chi connectivity index (χ3n) is 2.27. The van der Waals surface area contributed by atoms with Crippen molar-refractivity contribution in [3.8, 4) is 0 Å². The fourth-order valence-electron chi connectivity index (χ4n) is 1.30. The second-order valence-corrected chi connectivity index (χ2v) is 3.28. The Morgan fingerprint density at radius 2 is 2.44 bits per heavy atom. The van der Waals surface area contributed by atoms with Crippen LogP contribution in [0.2, 0.25) is 0 Å². The van der Waals surface area contributed by atoms with Crippen LogP contribution in [0.1, 0.15) is 13.3 Å². The van der Waals surface area contributed by atoms with E-state index in [-0.39, 0.29) is 11.9 Å². The summed E-state index contributed by atoms with van der Waals surface area (Å²) in [6.45, 7) is 2.52. The van der Waals surface area contributed by atoms with Crippen LogP contribution >= 0.6 is 0 Å². The van der Waals surface area contributed by atoms with Gasteiger partial charge in [0.2, 0.25) is 0 Å². The van der Waals surface area contributed by atoms with Crippen LogP contribution in [0.5, 0.6) is 0 Å². The minimum absolute atomic E-state index is 0.0415. The Kier molecular flexibility index (Phi) is 4.65. The van der Waals surface area contributed by atoms with Crippen LogP contribution in [0.4, 0.5) is 11.5 Å². The van der Waals surface area contributed by atoms with E-state index in [0.29, 0.717) is 12.2 Å². The molecule has 1 N–H and O–H groups in total. The zero-order chi connectivity index (χ0) is 12.0. The quantitative estimate of drug-likeness (QED) is 0.590. The molecule has 1 heterocycles. The van der Waals surface area contributed by atoms with Gasteiger partial charge in [-0.05, 0) is 28.5 Å². The van der Waals surface area contributed by atoms with Crippen molar-refractivity contribution in [2.75, 3.05) is 19.0 Å². The third-order valence-corrected chi connectivity index (χ3v) is 2.27. The number of aromatic nitrogens is 1. The fourth-order valence-corrected chi connectivity index (χ4v) is 1.30. The van der Waals surface area contributed by atoms with Crippen molar-refractivity contribution in [2.45, 2.75) is 19.4 Å². The SMILES string of the molecule is CCC(CNc1cccnc1[N+](=O)[O-])OC. The zero-order valence-corrected chi connectivity index (χ0v) is 9.34. The average Bonchev–Trinajstić information content (AvgIpc) is 2.30. The summed E-state index contributed by atoms with van der Waals surface area (Å²) < 4.78 is 5.17. The van der Waals surface area contributed by atoms with Crippen LogP contribution in [0.25, 0.3) is 0 Å². The predicted octanol–water partition coefficient (Wildman–Crippen LogP) is 1.83. The van der Waals surface area contributed by atoms with E-state index in [1.807, 2.05) is 6.92 Å². The Morgan fingerprint density at radius 1 is 1.69 bits per heavy atom. The monoisotopic (exact) mass is 225 g/mol. The van der Waals surface area contributed by atoms with E-state index in [4.69, 9.17) is 4.74 Å². The lowest BCUT2D eigenvalue weighted by atomic mass is 10.2. The maximum absolute atomic E-state index is 10.7. The van der Waals surface area contributed by atoms with Gasteiger partial charge in [0.25, 0.3) is 0 Å². The van der Waals surface area contributed by atoms with Crippen LogP contribution in [-0.4, -0.2) is 29.7 Å². The van der Waals surface area contributed by atoms with Crippen molar-refractivity contribution in [2.24, 2.45) is 0 Å². The van der Waals surface area contributed by atoms with E-state index in [0.717, 1.165) is 6.42 Å². The summed E-state index contributed by atoms with van der Waals surface area (Å²) in [5.74, 6) is -0.159. The van der Waals surface area contributed by atoms with Crippen LogP contribution in [0, 0.1) is 10.1 Å².